The van der Waals surface area contributed by atoms with Gasteiger partial charge in [-0.1, -0.05) is 12.1 Å². The van der Waals surface area contributed by atoms with E-state index in [4.69, 9.17) is 5.11 Å². The van der Waals surface area contributed by atoms with Crippen molar-refractivity contribution < 1.29 is 19.1 Å². The molecule has 0 aliphatic heterocycles. The maximum absolute atomic E-state index is 12.7. The van der Waals surface area contributed by atoms with Crippen LogP contribution in [-0.4, -0.2) is 23.5 Å². The van der Waals surface area contributed by atoms with Gasteiger partial charge in [-0.2, -0.15) is 0 Å². The first-order valence-corrected chi connectivity index (χ1v) is 6.26. The number of aliphatic carboxylic acids is 1. The SMILES string of the molecule is O=C(CCc1ccc(F)cc1)NCC1(C(=O)O)CC1. The molecule has 2 rings (SSSR count). The molecule has 102 valence electrons. The highest BCUT2D eigenvalue weighted by atomic mass is 19.1. The molecule has 1 aromatic carbocycles. The van der Waals surface area contributed by atoms with E-state index < -0.39 is 11.4 Å². The Balaban J connectivity index is 1.73. The summed E-state index contributed by atoms with van der Waals surface area (Å²) in [6.07, 6.45) is 2.05. The van der Waals surface area contributed by atoms with Crippen LogP contribution in [0.25, 0.3) is 0 Å². The number of hydrogen-bond acceptors (Lipinski definition) is 2. The van der Waals surface area contributed by atoms with Crippen LogP contribution >= 0.6 is 0 Å². The highest BCUT2D eigenvalue weighted by Gasteiger charge is 2.50. The highest BCUT2D eigenvalue weighted by molar-refractivity contribution is 5.81. The van der Waals surface area contributed by atoms with Gasteiger partial charge in [-0.3, -0.25) is 9.59 Å². The molecule has 0 heterocycles. The number of carboxylic acid groups (broad SMARTS) is 1. The van der Waals surface area contributed by atoms with Gasteiger partial charge in [0.15, 0.2) is 0 Å². The molecule has 1 aromatic rings. The molecule has 1 aliphatic rings. The molecule has 5 heteroatoms. The van der Waals surface area contributed by atoms with E-state index in [1.54, 1.807) is 12.1 Å². The fourth-order valence-electron chi connectivity index (χ4n) is 1.88. The van der Waals surface area contributed by atoms with Crippen molar-refractivity contribution in [3.63, 3.8) is 0 Å². The van der Waals surface area contributed by atoms with E-state index >= 15 is 0 Å². The van der Waals surface area contributed by atoms with Crippen LogP contribution in [0.4, 0.5) is 4.39 Å². The smallest absolute Gasteiger partial charge is 0.311 e. The number of carboxylic acids is 1. The topological polar surface area (TPSA) is 66.4 Å². The number of amides is 1. The lowest BCUT2D eigenvalue weighted by atomic mass is 10.1. The zero-order valence-electron chi connectivity index (χ0n) is 10.5. The lowest BCUT2D eigenvalue weighted by Gasteiger charge is -2.11. The van der Waals surface area contributed by atoms with E-state index in [2.05, 4.69) is 5.32 Å². The van der Waals surface area contributed by atoms with Crippen molar-refractivity contribution in [1.29, 1.82) is 0 Å². The largest absolute Gasteiger partial charge is 0.481 e. The van der Waals surface area contributed by atoms with Crippen LogP contribution < -0.4 is 5.32 Å². The average molecular weight is 265 g/mol. The van der Waals surface area contributed by atoms with E-state index in [1.807, 2.05) is 0 Å². The molecular formula is C14H16FNO3. The fraction of sp³-hybridized carbons (Fsp3) is 0.429. The van der Waals surface area contributed by atoms with Crippen LogP contribution in [-0.2, 0) is 16.0 Å². The second kappa shape index (κ2) is 5.38. The summed E-state index contributed by atoms with van der Waals surface area (Å²) in [5, 5.41) is 11.6. The number of aryl methyl sites for hydroxylation is 1. The standard InChI is InChI=1S/C14H16FNO3/c15-11-4-1-10(2-5-11)3-6-12(17)16-9-14(7-8-14)13(18)19/h1-2,4-5H,3,6-9H2,(H,16,17)(H,18,19). The minimum absolute atomic E-state index is 0.170. The molecule has 1 fully saturated rings. The second-order valence-corrected chi connectivity index (χ2v) is 4.99. The van der Waals surface area contributed by atoms with Crippen molar-refractivity contribution in [2.75, 3.05) is 6.54 Å². The van der Waals surface area contributed by atoms with Gasteiger partial charge >= 0.3 is 5.97 Å². The summed E-state index contributed by atoms with van der Waals surface area (Å²) in [5.41, 5.74) is 0.154. The Morgan fingerprint density at radius 3 is 2.42 bits per heavy atom. The number of rotatable bonds is 6. The zero-order chi connectivity index (χ0) is 13.9. The maximum Gasteiger partial charge on any atom is 0.311 e. The molecule has 0 aromatic heterocycles. The third-order valence-corrected chi connectivity index (χ3v) is 3.49. The van der Waals surface area contributed by atoms with Gasteiger partial charge in [0, 0.05) is 13.0 Å². The summed E-state index contributed by atoms with van der Waals surface area (Å²) >= 11 is 0. The van der Waals surface area contributed by atoms with Crippen molar-refractivity contribution in [3.05, 3.63) is 35.6 Å². The van der Waals surface area contributed by atoms with E-state index in [0.29, 0.717) is 19.3 Å². The Morgan fingerprint density at radius 2 is 1.89 bits per heavy atom. The van der Waals surface area contributed by atoms with Crippen molar-refractivity contribution >= 4 is 11.9 Å². The summed E-state index contributed by atoms with van der Waals surface area (Å²) in [6.45, 7) is 0.199. The summed E-state index contributed by atoms with van der Waals surface area (Å²) in [4.78, 5) is 22.5. The molecule has 1 saturated carbocycles. The lowest BCUT2D eigenvalue weighted by Crippen LogP contribution is -2.34. The molecule has 19 heavy (non-hydrogen) atoms. The van der Waals surface area contributed by atoms with Gasteiger partial charge in [0.2, 0.25) is 5.91 Å². The third kappa shape index (κ3) is 3.53. The van der Waals surface area contributed by atoms with Crippen molar-refractivity contribution in [2.45, 2.75) is 25.7 Å². The van der Waals surface area contributed by atoms with E-state index in [0.717, 1.165) is 5.56 Å². The molecule has 2 N–H and O–H groups in total. The van der Waals surface area contributed by atoms with Gasteiger partial charge in [-0.05, 0) is 37.0 Å². The Morgan fingerprint density at radius 1 is 1.26 bits per heavy atom. The average Bonchev–Trinajstić information content (AvgIpc) is 3.17. The van der Waals surface area contributed by atoms with E-state index in [9.17, 15) is 14.0 Å². The molecule has 1 amide bonds. The van der Waals surface area contributed by atoms with Gasteiger partial charge < -0.3 is 10.4 Å². The molecule has 0 bridgehead atoms. The molecule has 0 saturated heterocycles. The van der Waals surface area contributed by atoms with Crippen molar-refractivity contribution in [2.24, 2.45) is 5.41 Å². The predicted molar refractivity (Wildman–Crippen MR) is 67.0 cm³/mol. The molecule has 4 nitrogen and oxygen atoms in total. The quantitative estimate of drug-likeness (QED) is 0.823. The van der Waals surface area contributed by atoms with Gasteiger partial charge in [-0.15, -0.1) is 0 Å². The monoisotopic (exact) mass is 265 g/mol. The third-order valence-electron chi connectivity index (χ3n) is 3.49. The number of nitrogens with one attached hydrogen (secondary N) is 1. The van der Waals surface area contributed by atoms with Gasteiger partial charge in [0.1, 0.15) is 5.82 Å². The second-order valence-electron chi connectivity index (χ2n) is 4.99. The van der Waals surface area contributed by atoms with Crippen LogP contribution in [0, 0.1) is 11.2 Å². The Hall–Kier alpha value is -1.91. The summed E-state index contributed by atoms with van der Waals surface area (Å²) in [7, 11) is 0. The van der Waals surface area contributed by atoms with Crippen LogP contribution in [0.3, 0.4) is 0 Å². The normalized spacial score (nSPS) is 15.8. The number of hydrogen-bond donors (Lipinski definition) is 2. The number of carbonyl (C=O) groups excluding carboxylic acids is 1. The van der Waals surface area contributed by atoms with E-state index in [1.165, 1.54) is 12.1 Å². The Bertz CT molecular complexity index is 480. The number of carbonyl (C=O) groups is 2. The first-order chi connectivity index (χ1) is 9.02. The number of benzene rings is 1. The number of halogens is 1. The van der Waals surface area contributed by atoms with Gasteiger partial charge in [0.05, 0.1) is 5.41 Å². The summed E-state index contributed by atoms with van der Waals surface area (Å²) < 4.78 is 12.7. The summed E-state index contributed by atoms with van der Waals surface area (Å²) in [5.74, 6) is -1.31. The predicted octanol–water partition coefficient (Wildman–Crippen LogP) is 1.74. The lowest BCUT2D eigenvalue weighted by molar-refractivity contribution is -0.143. The molecule has 0 spiro atoms. The molecule has 0 atom stereocenters. The van der Waals surface area contributed by atoms with Crippen LogP contribution in [0.2, 0.25) is 0 Å². The molecule has 1 aliphatic carbocycles. The summed E-state index contributed by atoms with van der Waals surface area (Å²) in [6, 6.07) is 6.00. The van der Waals surface area contributed by atoms with Crippen LogP contribution in [0.1, 0.15) is 24.8 Å². The van der Waals surface area contributed by atoms with Gasteiger partial charge in [-0.25, -0.2) is 4.39 Å². The van der Waals surface area contributed by atoms with Gasteiger partial charge in [0.25, 0.3) is 0 Å². The van der Waals surface area contributed by atoms with Crippen molar-refractivity contribution in [1.82, 2.24) is 5.32 Å². The molecule has 0 unspecified atom stereocenters. The molecule has 0 radical (unpaired) electrons. The fourth-order valence-corrected chi connectivity index (χ4v) is 1.88. The van der Waals surface area contributed by atoms with Crippen LogP contribution in [0.5, 0.6) is 0 Å². The zero-order valence-corrected chi connectivity index (χ0v) is 10.5. The minimum Gasteiger partial charge on any atom is -0.481 e. The van der Waals surface area contributed by atoms with E-state index in [-0.39, 0.29) is 24.7 Å². The molecular weight excluding hydrogens is 249 g/mol. The first kappa shape index (κ1) is 13.5. The Kier molecular flexibility index (Phi) is 3.83. The maximum atomic E-state index is 12.7. The van der Waals surface area contributed by atoms with Crippen molar-refractivity contribution in [3.8, 4) is 0 Å². The highest BCUT2D eigenvalue weighted by Crippen LogP contribution is 2.45. The van der Waals surface area contributed by atoms with Crippen LogP contribution in [0.15, 0.2) is 24.3 Å². The minimum atomic E-state index is -0.841. The Labute approximate surface area is 110 Å². The first-order valence-electron chi connectivity index (χ1n) is 6.26.